The molecule has 0 spiro atoms. The lowest BCUT2D eigenvalue weighted by Crippen LogP contribution is -2.42. The molecule has 0 saturated carbocycles. The van der Waals surface area contributed by atoms with E-state index >= 15 is 0 Å². The van der Waals surface area contributed by atoms with E-state index in [1.54, 1.807) is 24.3 Å². The molecule has 4 rings (SSSR count). The van der Waals surface area contributed by atoms with E-state index in [0.29, 0.717) is 24.2 Å². The van der Waals surface area contributed by atoms with E-state index in [-0.39, 0.29) is 31.6 Å². The molecule has 0 aromatic heterocycles. The van der Waals surface area contributed by atoms with Crippen molar-refractivity contribution in [2.75, 3.05) is 26.2 Å². The normalized spacial score (nSPS) is 18.8. The second kappa shape index (κ2) is 9.41. The van der Waals surface area contributed by atoms with Crippen LogP contribution in [0.3, 0.4) is 0 Å². The minimum atomic E-state index is -0.672. The zero-order chi connectivity index (χ0) is 21.8. The van der Waals surface area contributed by atoms with Crippen molar-refractivity contribution in [1.82, 2.24) is 15.1 Å². The second-order valence-corrected chi connectivity index (χ2v) is 8.02. The molecule has 2 aromatic rings. The fraction of sp³-hybridized carbons (Fsp3) is 0.333. The average molecular weight is 423 g/mol. The van der Waals surface area contributed by atoms with Crippen LogP contribution in [-0.4, -0.2) is 59.0 Å². The van der Waals surface area contributed by atoms with Crippen LogP contribution < -0.4 is 5.32 Å². The van der Waals surface area contributed by atoms with Gasteiger partial charge in [-0.05, 0) is 29.2 Å². The monoisotopic (exact) mass is 423 g/mol. The van der Waals surface area contributed by atoms with Crippen molar-refractivity contribution < 1.29 is 19.1 Å². The van der Waals surface area contributed by atoms with Crippen LogP contribution in [0.15, 0.2) is 54.6 Å². The number of hydrogen-bond acceptors (Lipinski definition) is 4. The molecule has 0 radical (unpaired) electrons. The molecule has 2 N–H and O–H groups in total. The number of nitrogens with one attached hydrogen (secondary N) is 1. The van der Waals surface area contributed by atoms with E-state index in [9.17, 15) is 19.1 Å². The molecule has 0 bridgehead atoms. The number of likely N-dealkylation sites (tertiary alicyclic amines) is 1. The molecule has 1 atom stereocenters. The van der Waals surface area contributed by atoms with E-state index in [2.05, 4.69) is 10.2 Å². The summed E-state index contributed by atoms with van der Waals surface area (Å²) in [6.45, 7) is 2.92. The van der Waals surface area contributed by atoms with Crippen molar-refractivity contribution in [3.8, 4) is 0 Å². The largest absolute Gasteiger partial charge is 0.392 e. The average Bonchev–Trinajstić information content (AvgIpc) is 3.42. The van der Waals surface area contributed by atoms with Gasteiger partial charge in [-0.15, -0.1) is 0 Å². The van der Waals surface area contributed by atoms with Gasteiger partial charge in [0.1, 0.15) is 5.82 Å². The van der Waals surface area contributed by atoms with Crippen LogP contribution in [0.5, 0.6) is 0 Å². The predicted molar refractivity (Wildman–Crippen MR) is 115 cm³/mol. The van der Waals surface area contributed by atoms with Gasteiger partial charge in [0, 0.05) is 44.8 Å². The van der Waals surface area contributed by atoms with Gasteiger partial charge in [0.25, 0.3) is 0 Å². The highest BCUT2D eigenvalue weighted by atomic mass is 19.1. The van der Waals surface area contributed by atoms with E-state index < -0.39 is 11.8 Å². The second-order valence-electron chi connectivity index (χ2n) is 8.02. The lowest BCUT2D eigenvalue weighted by Gasteiger charge is -2.19. The SMILES string of the molecule is O=C(NCc1ccccc1CN1CCC(O)C1)C(=O)N1CC=C(c2ccccc2F)C1. The number of nitrogens with zero attached hydrogens (tertiary/aromatic N) is 2. The van der Waals surface area contributed by atoms with Crippen molar-refractivity contribution in [3.63, 3.8) is 0 Å². The fourth-order valence-corrected chi connectivity index (χ4v) is 4.10. The number of amides is 2. The number of halogens is 1. The molecule has 2 aromatic carbocycles. The van der Waals surface area contributed by atoms with Crippen LogP contribution in [0.25, 0.3) is 5.57 Å². The Hall–Kier alpha value is -3.03. The zero-order valence-corrected chi connectivity index (χ0v) is 17.3. The van der Waals surface area contributed by atoms with Gasteiger partial charge in [-0.3, -0.25) is 14.5 Å². The van der Waals surface area contributed by atoms with Crippen LogP contribution in [0, 0.1) is 5.82 Å². The number of rotatable bonds is 5. The van der Waals surface area contributed by atoms with Gasteiger partial charge in [-0.1, -0.05) is 48.5 Å². The molecule has 1 unspecified atom stereocenters. The minimum Gasteiger partial charge on any atom is -0.392 e. The predicted octanol–water partition coefficient (Wildman–Crippen LogP) is 1.93. The van der Waals surface area contributed by atoms with Gasteiger partial charge < -0.3 is 15.3 Å². The lowest BCUT2D eigenvalue weighted by atomic mass is 10.1. The molecule has 2 aliphatic rings. The van der Waals surface area contributed by atoms with E-state index in [0.717, 1.165) is 24.1 Å². The fourth-order valence-electron chi connectivity index (χ4n) is 4.10. The highest BCUT2D eigenvalue weighted by Crippen LogP contribution is 2.23. The Bertz CT molecular complexity index is 1010. The topological polar surface area (TPSA) is 72.9 Å². The van der Waals surface area contributed by atoms with Gasteiger partial charge in [-0.2, -0.15) is 0 Å². The summed E-state index contributed by atoms with van der Waals surface area (Å²) in [5.41, 5.74) is 3.17. The Morgan fingerprint density at radius 1 is 1.10 bits per heavy atom. The minimum absolute atomic E-state index is 0.209. The van der Waals surface area contributed by atoms with Crippen LogP contribution in [0.4, 0.5) is 4.39 Å². The van der Waals surface area contributed by atoms with Crippen LogP contribution in [0.1, 0.15) is 23.1 Å². The number of benzene rings is 2. The molecular weight excluding hydrogens is 397 g/mol. The molecule has 1 fully saturated rings. The Balaban J connectivity index is 1.32. The van der Waals surface area contributed by atoms with Crippen molar-refractivity contribution in [3.05, 3.63) is 77.1 Å². The van der Waals surface area contributed by atoms with E-state index in [1.807, 2.05) is 24.3 Å². The highest BCUT2D eigenvalue weighted by molar-refractivity contribution is 6.35. The van der Waals surface area contributed by atoms with Gasteiger partial charge in [0.15, 0.2) is 0 Å². The molecule has 2 heterocycles. The van der Waals surface area contributed by atoms with Gasteiger partial charge in [0.2, 0.25) is 0 Å². The first-order chi connectivity index (χ1) is 15.0. The van der Waals surface area contributed by atoms with Gasteiger partial charge >= 0.3 is 11.8 Å². The molecule has 1 saturated heterocycles. The molecule has 162 valence electrons. The third-order valence-electron chi connectivity index (χ3n) is 5.82. The summed E-state index contributed by atoms with van der Waals surface area (Å²) in [4.78, 5) is 28.6. The maximum Gasteiger partial charge on any atom is 0.312 e. The Morgan fingerprint density at radius 2 is 1.84 bits per heavy atom. The van der Waals surface area contributed by atoms with Crippen molar-refractivity contribution in [2.45, 2.75) is 25.6 Å². The Labute approximate surface area is 181 Å². The maximum atomic E-state index is 14.0. The third kappa shape index (κ3) is 5.00. The quantitative estimate of drug-likeness (QED) is 0.721. The van der Waals surface area contributed by atoms with Crippen LogP contribution in [0.2, 0.25) is 0 Å². The lowest BCUT2D eigenvalue weighted by molar-refractivity contribution is -0.145. The Kier molecular flexibility index (Phi) is 6.44. The summed E-state index contributed by atoms with van der Waals surface area (Å²) in [5, 5.41) is 12.4. The third-order valence-corrected chi connectivity index (χ3v) is 5.82. The molecule has 31 heavy (non-hydrogen) atoms. The van der Waals surface area contributed by atoms with E-state index in [4.69, 9.17) is 0 Å². The maximum absolute atomic E-state index is 14.0. The first-order valence-electron chi connectivity index (χ1n) is 10.5. The molecule has 7 heteroatoms. The van der Waals surface area contributed by atoms with Crippen molar-refractivity contribution in [2.24, 2.45) is 0 Å². The molecule has 2 aliphatic heterocycles. The van der Waals surface area contributed by atoms with Crippen molar-refractivity contribution >= 4 is 17.4 Å². The number of β-amino-alcohol motifs (C(OH)–C–C–N with tert-alkyl or cyclic N) is 1. The molecule has 0 aliphatic carbocycles. The van der Waals surface area contributed by atoms with Gasteiger partial charge in [-0.25, -0.2) is 4.39 Å². The smallest absolute Gasteiger partial charge is 0.312 e. The first kappa shape index (κ1) is 21.2. The van der Waals surface area contributed by atoms with Crippen molar-refractivity contribution in [1.29, 1.82) is 0 Å². The summed E-state index contributed by atoms with van der Waals surface area (Å²) in [7, 11) is 0. The first-order valence-corrected chi connectivity index (χ1v) is 10.5. The number of hydrogen-bond donors (Lipinski definition) is 2. The van der Waals surface area contributed by atoms with Crippen LogP contribution in [-0.2, 0) is 22.7 Å². The summed E-state index contributed by atoms with van der Waals surface area (Å²) in [6, 6.07) is 14.2. The number of carbonyl (C=O) groups is 2. The van der Waals surface area contributed by atoms with E-state index in [1.165, 1.54) is 11.0 Å². The highest BCUT2D eigenvalue weighted by Gasteiger charge is 2.27. The molecular formula is C24H26FN3O3. The Morgan fingerprint density at radius 3 is 2.58 bits per heavy atom. The number of aliphatic hydroxyl groups is 1. The van der Waals surface area contributed by atoms with Crippen LogP contribution >= 0.6 is 0 Å². The number of aliphatic hydroxyl groups excluding tert-OH is 1. The number of carbonyl (C=O) groups excluding carboxylic acids is 2. The summed E-state index contributed by atoms with van der Waals surface area (Å²) in [5.74, 6) is -1.63. The summed E-state index contributed by atoms with van der Waals surface area (Å²) in [6.07, 6.45) is 2.27. The zero-order valence-electron chi connectivity index (χ0n) is 17.3. The molecule has 6 nitrogen and oxygen atoms in total. The standard InChI is InChI=1S/C24H26FN3O3/c25-22-8-4-3-7-21(22)19-9-12-28(15-19)24(31)23(30)26-13-17-5-1-2-6-18(17)14-27-11-10-20(29)16-27/h1-9,20,29H,10-16H2,(H,26,30). The summed E-state index contributed by atoms with van der Waals surface area (Å²) < 4.78 is 14.0. The van der Waals surface area contributed by atoms with Gasteiger partial charge in [0.05, 0.1) is 6.10 Å². The molecule has 2 amide bonds. The summed E-state index contributed by atoms with van der Waals surface area (Å²) >= 11 is 0.